The minimum Gasteiger partial charge on any atom is -0.395 e. The summed E-state index contributed by atoms with van der Waals surface area (Å²) in [6.07, 6.45) is 5.07. The summed E-state index contributed by atoms with van der Waals surface area (Å²) >= 11 is 0. The van der Waals surface area contributed by atoms with Crippen molar-refractivity contribution in [3.63, 3.8) is 0 Å². The third kappa shape index (κ3) is 3.84. The third-order valence-corrected chi connectivity index (χ3v) is 2.97. The van der Waals surface area contributed by atoms with Crippen molar-refractivity contribution in [1.29, 1.82) is 0 Å². The molecule has 0 saturated carbocycles. The molecule has 1 fully saturated rings. The number of halogens is 1. The average Bonchev–Trinajstić information content (AvgIpc) is 2.83. The van der Waals surface area contributed by atoms with E-state index in [-0.39, 0.29) is 25.1 Å². The van der Waals surface area contributed by atoms with Gasteiger partial charge in [0.25, 0.3) is 0 Å². The van der Waals surface area contributed by atoms with E-state index in [0.717, 1.165) is 24.5 Å². The van der Waals surface area contributed by atoms with E-state index < -0.39 is 0 Å². The first-order chi connectivity index (χ1) is 7.79. The molecule has 17 heavy (non-hydrogen) atoms. The Morgan fingerprint density at radius 2 is 2.06 bits per heavy atom. The summed E-state index contributed by atoms with van der Waals surface area (Å²) in [6, 6.07) is 3.92. The van der Waals surface area contributed by atoms with E-state index in [1.807, 2.05) is 12.3 Å². The fourth-order valence-electron chi connectivity index (χ4n) is 2.04. The van der Waals surface area contributed by atoms with Gasteiger partial charge in [-0.15, -0.1) is 12.4 Å². The van der Waals surface area contributed by atoms with Crippen molar-refractivity contribution >= 4 is 18.2 Å². The molecule has 2 rings (SSSR count). The van der Waals surface area contributed by atoms with Crippen LogP contribution in [0.4, 0.5) is 5.82 Å². The second kappa shape index (κ2) is 6.79. The van der Waals surface area contributed by atoms with Crippen molar-refractivity contribution < 1.29 is 5.11 Å². The van der Waals surface area contributed by atoms with Crippen molar-refractivity contribution in [2.75, 3.05) is 24.6 Å². The first kappa shape index (κ1) is 14.2. The number of anilines is 1. The standard InChI is InChI=1S/C12H19N3O.ClH/c13-11(9-16)7-10-3-4-12(14-8-10)15-5-1-2-6-15;/h3-4,8,11,16H,1-2,5-7,9,13H2;1H. The second-order valence-electron chi connectivity index (χ2n) is 4.37. The molecule has 96 valence electrons. The van der Waals surface area contributed by atoms with Gasteiger partial charge in [-0.1, -0.05) is 6.07 Å². The lowest BCUT2D eigenvalue weighted by atomic mass is 10.1. The molecular weight excluding hydrogens is 238 g/mol. The SMILES string of the molecule is Cl.NC(CO)Cc1ccc(N2CCCC2)nc1. The van der Waals surface area contributed by atoms with Crippen molar-refractivity contribution in [3.05, 3.63) is 23.9 Å². The van der Waals surface area contributed by atoms with Crippen LogP contribution in [0, 0.1) is 0 Å². The molecular formula is C12H20ClN3O. The third-order valence-electron chi connectivity index (χ3n) is 2.97. The van der Waals surface area contributed by atoms with E-state index in [2.05, 4.69) is 16.0 Å². The molecule has 0 spiro atoms. The summed E-state index contributed by atoms with van der Waals surface area (Å²) < 4.78 is 0. The van der Waals surface area contributed by atoms with Gasteiger partial charge in [-0.3, -0.25) is 0 Å². The van der Waals surface area contributed by atoms with Gasteiger partial charge in [0, 0.05) is 25.3 Å². The largest absolute Gasteiger partial charge is 0.395 e. The van der Waals surface area contributed by atoms with Crippen LogP contribution in [0.1, 0.15) is 18.4 Å². The maximum Gasteiger partial charge on any atom is 0.128 e. The summed E-state index contributed by atoms with van der Waals surface area (Å²) in [7, 11) is 0. The zero-order valence-electron chi connectivity index (χ0n) is 9.88. The smallest absolute Gasteiger partial charge is 0.128 e. The maximum absolute atomic E-state index is 8.87. The highest BCUT2D eigenvalue weighted by atomic mass is 35.5. The normalized spacial score (nSPS) is 16.7. The molecule has 5 heteroatoms. The van der Waals surface area contributed by atoms with Gasteiger partial charge in [-0.2, -0.15) is 0 Å². The fourth-order valence-corrected chi connectivity index (χ4v) is 2.04. The van der Waals surface area contributed by atoms with Crippen molar-refractivity contribution in [3.8, 4) is 0 Å². The molecule has 2 heterocycles. The molecule has 0 bridgehead atoms. The molecule has 1 atom stereocenters. The number of aliphatic hydroxyl groups is 1. The summed E-state index contributed by atoms with van der Waals surface area (Å²) in [5.41, 5.74) is 6.76. The van der Waals surface area contributed by atoms with Gasteiger partial charge in [0.05, 0.1) is 6.61 Å². The van der Waals surface area contributed by atoms with Crippen molar-refractivity contribution in [2.24, 2.45) is 5.73 Å². The minimum absolute atomic E-state index is 0. The molecule has 1 aromatic heterocycles. The van der Waals surface area contributed by atoms with Crippen LogP contribution in [-0.4, -0.2) is 35.8 Å². The number of aromatic nitrogens is 1. The maximum atomic E-state index is 8.87. The molecule has 4 nitrogen and oxygen atoms in total. The zero-order valence-corrected chi connectivity index (χ0v) is 10.7. The predicted octanol–water partition coefficient (Wildman–Crippen LogP) is 0.966. The van der Waals surface area contributed by atoms with Gasteiger partial charge in [-0.05, 0) is 30.9 Å². The van der Waals surface area contributed by atoms with Gasteiger partial charge in [-0.25, -0.2) is 4.98 Å². The molecule has 3 N–H and O–H groups in total. The van der Waals surface area contributed by atoms with Crippen LogP contribution in [0.5, 0.6) is 0 Å². The van der Waals surface area contributed by atoms with E-state index >= 15 is 0 Å². The molecule has 1 unspecified atom stereocenters. The number of aliphatic hydroxyl groups excluding tert-OH is 1. The molecule has 1 aliphatic rings. The Balaban J connectivity index is 0.00000144. The monoisotopic (exact) mass is 257 g/mol. The zero-order chi connectivity index (χ0) is 11.4. The predicted molar refractivity (Wildman–Crippen MR) is 71.7 cm³/mol. The summed E-state index contributed by atoms with van der Waals surface area (Å²) in [5.74, 6) is 1.05. The Kier molecular flexibility index (Phi) is 5.68. The highest BCUT2D eigenvalue weighted by Crippen LogP contribution is 2.17. The number of hydrogen-bond donors (Lipinski definition) is 2. The lowest BCUT2D eigenvalue weighted by molar-refractivity contribution is 0.265. The lowest BCUT2D eigenvalue weighted by Crippen LogP contribution is -2.27. The van der Waals surface area contributed by atoms with E-state index in [1.165, 1.54) is 12.8 Å². The van der Waals surface area contributed by atoms with Gasteiger partial charge in [0.1, 0.15) is 5.82 Å². The lowest BCUT2D eigenvalue weighted by Gasteiger charge is -2.16. The van der Waals surface area contributed by atoms with Gasteiger partial charge in [0.2, 0.25) is 0 Å². The number of nitrogens with zero attached hydrogens (tertiary/aromatic N) is 2. The number of rotatable bonds is 4. The van der Waals surface area contributed by atoms with Crippen LogP contribution in [0.3, 0.4) is 0 Å². The van der Waals surface area contributed by atoms with Crippen LogP contribution >= 0.6 is 12.4 Å². The quantitative estimate of drug-likeness (QED) is 0.844. The molecule has 0 aliphatic carbocycles. The Labute approximate surface area is 108 Å². The van der Waals surface area contributed by atoms with Crippen LogP contribution in [-0.2, 0) is 6.42 Å². The van der Waals surface area contributed by atoms with Crippen LogP contribution in [0.25, 0.3) is 0 Å². The molecule has 0 radical (unpaired) electrons. The molecule has 1 aliphatic heterocycles. The molecule has 0 amide bonds. The summed E-state index contributed by atoms with van der Waals surface area (Å²) in [4.78, 5) is 6.74. The Hall–Kier alpha value is -0.840. The first-order valence-corrected chi connectivity index (χ1v) is 5.86. The molecule has 1 aromatic rings. The highest BCUT2D eigenvalue weighted by molar-refractivity contribution is 5.85. The molecule has 1 saturated heterocycles. The first-order valence-electron chi connectivity index (χ1n) is 5.86. The van der Waals surface area contributed by atoms with E-state index in [9.17, 15) is 0 Å². The number of hydrogen-bond acceptors (Lipinski definition) is 4. The van der Waals surface area contributed by atoms with E-state index in [0.29, 0.717) is 6.42 Å². The van der Waals surface area contributed by atoms with Crippen LogP contribution in [0.2, 0.25) is 0 Å². The van der Waals surface area contributed by atoms with Crippen LogP contribution < -0.4 is 10.6 Å². The molecule has 0 aromatic carbocycles. The fraction of sp³-hybridized carbons (Fsp3) is 0.583. The van der Waals surface area contributed by atoms with Gasteiger partial charge < -0.3 is 15.7 Å². The summed E-state index contributed by atoms with van der Waals surface area (Å²) in [5, 5.41) is 8.87. The number of nitrogens with two attached hydrogens (primary N) is 1. The highest BCUT2D eigenvalue weighted by Gasteiger charge is 2.13. The van der Waals surface area contributed by atoms with Gasteiger partial charge >= 0.3 is 0 Å². The topological polar surface area (TPSA) is 62.4 Å². The average molecular weight is 258 g/mol. The minimum atomic E-state index is -0.181. The van der Waals surface area contributed by atoms with E-state index in [1.54, 1.807) is 0 Å². The van der Waals surface area contributed by atoms with E-state index in [4.69, 9.17) is 10.8 Å². The van der Waals surface area contributed by atoms with Gasteiger partial charge in [0.15, 0.2) is 0 Å². The van der Waals surface area contributed by atoms with Crippen molar-refractivity contribution in [2.45, 2.75) is 25.3 Å². The number of pyridine rings is 1. The second-order valence-corrected chi connectivity index (χ2v) is 4.37. The summed E-state index contributed by atoms with van der Waals surface area (Å²) in [6.45, 7) is 2.25. The Morgan fingerprint density at radius 1 is 1.35 bits per heavy atom. The van der Waals surface area contributed by atoms with Crippen molar-refractivity contribution in [1.82, 2.24) is 4.98 Å². The Morgan fingerprint density at radius 3 is 2.59 bits per heavy atom. The van der Waals surface area contributed by atoms with Crippen LogP contribution in [0.15, 0.2) is 18.3 Å². The Bertz CT molecular complexity index is 325.